The number of hydrogen-bond acceptors (Lipinski definition) is 11. The Bertz CT molecular complexity index is 2390. The van der Waals surface area contributed by atoms with Crippen LogP contribution in [0.25, 0.3) is 27.9 Å². The minimum atomic E-state index is -0.511. The average molecular weight is 851 g/mol. The largest absolute Gasteiger partial charge is 0.497 e. The Labute approximate surface area is 363 Å². The predicted octanol–water partition coefficient (Wildman–Crippen LogP) is 7.47. The van der Waals surface area contributed by atoms with Gasteiger partial charge in [-0.1, -0.05) is 6.08 Å². The monoisotopic (exact) mass is 850 g/mol. The number of fused-ring (bicyclic) bond motifs is 2. The number of furan rings is 1. The first kappa shape index (κ1) is 45.9. The van der Waals surface area contributed by atoms with E-state index >= 15 is 0 Å². The maximum Gasteiger partial charge on any atom is 0.312 e. The summed E-state index contributed by atoms with van der Waals surface area (Å²) in [5, 5.41) is 5.30. The van der Waals surface area contributed by atoms with Crippen molar-refractivity contribution in [1.82, 2.24) is 19.4 Å². The number of nitrogens with zero attached hydrogens (tertiary/aromatic N) is 3. The lowest BCUT2D eigenvalue weighted by atomic mass is 9.74. The van der Waals surface area contributed by atoms with E-state index < -0.39 is 10.8 Å². The van der Waals surface area contributed by atoms with Gasteiger partial charge >= 0.3 is 11.9 Å². The van der Waals surface area contributed by atoms with Gasteiger partial charge in [0.25, 0.3) is 11.1 Å². The van der Waals surface area contributed by atoms with Crippen molar-refractivity contribution in [2.24, 2.45) is 10.8 Å². The molecule has 0 radical (unpaired) electrons. The van der Waals surface area contributed by atoms with Gasteiger partial charge in [0.15, 0.2) is 0 Å². The number of likely N-dealkylation sites (tertiary alicyclic amines) is 1. The van der Waals surface area contributed by atoms with Crippen LogP contribution >= 0.6 is 0 Å². The van der Waals surface area contributed by atoms with E-state index in [0.29, 0.717) is 44.9 Å². The Hall–Kier alpha value is -5.66. The van der Waals surface area contributed by atoms with Gasteiger partial charge in [0.1, 0.15) is 17.3 Å². The van der Waals surface area contributed by atoms with Gasteiger partial charge in [-0.05, 0) is 157 Å². The van der Waals surface area contributed by atoms with Crippen molar-refractivity contribution in [1.29, 1.82) is 0 Å². The zero-order valence-corrected chi connectivity index (χ0v) is 36.7. The molecule has 0 unspecified atom stereocenters. The SMILES string of the molecule is CCOC(=O)C1(CCCn2c(=O)ccc3ccc(OC)cc32)CCN(C/C=C/c2ccco2)CC1.CCOC(=O)C1(CCCn2c(=O)ccc3ccc(OC)cc32)CCNCC1. The van der Waals surface area contributed by atoms with Crippen molar-refractivity contribution < 1.29 is 33.0 Å². The first-order valence-electron chi connectivity index (χ1n) is 22.0. The normalized spacial score (nSPS) is 16.1. The van der Waals surface area contributed by atoms with Gasteiger partial charge in [0, 0.05) is 43.9 Å². The number of piperidine rings is 2. The maximum atomic E-state index is 13.0. The summed E-state index contributed by atoms with van der Waals surface area (Å²) in [5.74, 6) is 2.07. The van der Waals surface area contributed by atoms with E-state index in [1.807, 2.05) is 80.6 Å². The van der Waals surface area contributed by atoms with Crippen molar-refractivity contribution >= 4 is 39.8 Å². The Morgan fingerprint density at radius 2 is 1.21 bits per heavy atom. The number of methoxy groups -OCH3 is 2. The summed E-state index contributed by atoms with van der Waals surface area (Å²) in [7, 11) is 3.24. The number of aryl methyl sites for hydroxylation is 2. The number of carbonyl (C=O) groups excluding carboxylic acids is 2. The number of ether oxygens (including phenoxy) is 4. The fourth-order valence-corrected chi connectivity index (χ4v) is 8.86. The van der Waals surface area contributed by atoms with Crippen molar-refractivity contribution in [3.05, 3.63) is 112 Å². The molecule has 5 heterocycles. The molecule has 2 aromatic carbocycles. The second kappa shape index (κ2) is 21.9. The molecule has 0 spiro atoms. The number of aromatic nitrogens is 2. The second-order valence-electron chi connectivity index (χ2n) is 16.2. The number of carbonyl (C=O) groups is 2. The molecule has 3 aromatic heterocycles. The molecule has 2 aliphatic heterocycles. The second-order valence-corrected chi connectivity index (χ2v) is 16.2. The number of nitrogens with one attached hydrogen (secondary N) is 1. The van der Waals surface area contributed by atoms with Crippen LogP contribution in [-0.2, 0) is 32.2 Å². The van der Waals surface area contributed by atoms with Crippen LogP contribution in [0.4, 0.5) is 0 Å². The Morgan fingerprint density at radius 3 is 1.68 bits per heavy atom. The maximum absolute atomic E-state index is 13.0. The summed E-state index contributed by atoms with van der Waals surface area (Å²) in [6, 6.07) is 22.2. The van der Waals surface area contributed by atoms with Crippen LogP contribution in [0.15, 0.2) is 99.1 Å². The molecule has 13 heteroatoms. The number of pyridine rings is 2. The minimum absolute atomic E-state index is 0.0359. The van der Waals surface area contributed by atoms with Gasteiger partial charge in [-0.2, -0.15) is 0 Å². The average Bonchev–Trinajstić information content (AvgIpc) is 3.82. The zero-order chi connectivity index (χ0) is 44.0. The minimum Gasteiger partial charge on any atom is -0.497 e. The molecule has 5 aromatic rings. The van der Waals surface area contributed by atoms with E-state index in [2.05, 4.69) is 16.3 Å². The van der Waals surface area contributed by atoms with Crippen LogP contribution in [-0.4, -0.2) is 86.1 Å². The summed E-state index contributed by atoms with van der Waals surface area (Å²) < 4.78 is 30.4. The molecule has 62 heavy (non-hydrogen) atoms. The Balaban J connectivity index is 0.000000214. The highest BCUT2D eigenvalue weighted by Gasteiger charge is 2.42. The molecule has 7 rings (SSSR count). The molecule has 2 saturated heterocycles. The number of rotatable bonds is 17. The summed E-state index contributed by atoms with van der Waals surface area (Å²) in [5.41, 5.74) is 0.675. The molecule has 0 saturated carbocycles. The van der Waals surface area contributed by atoms with Crippen LogP contribution < -0.4 is 25.9 Å². The van der Waals surface area contributed by atoms with Crippen LogP contribution in [0.2, 0.25) is 0 Å². The molecule has 332 valence electrons. The number of hydrogen-bond donors (Lipinski definition) is 1. The third-order valence-corrected chi connectivity index (χ3v) is 12.5. The predicted molar refractivity (Wildman–Crippen MR) is 242 cm³/mol. The molecule has 13 nitrogen and oxygen atoms in total. The first-order valence-corrected chi connectivity index (χ1v) is 22.0. The van der Waals surface area contributed by atoms with E-state index in [1.165, 1.54) is 0 Å². The highest BCUT2D eigenvalue weighted by Crippen LogP contribution is 2.38. The standard InChI is InChI=1S/C28H34N2O5.C21H28N2O4/c1-3-34-27(32)28(14-18-29(19-15-28)16-4-7-23-8-5-20-35-23)13-6-17-30-25-21-24(33-2)11-9-22(25)10-12-26(30)31;1-3-27-20(25)21(10-12-22-13-11-21)9-4-14-23-18-15-17(26-2)7-5-16(18)6-8-19(23)24/h4-5,7-12,20-21H,3,6,13-19H2,1-2H3;5-8,15,22H,3-4,9-14H2,1-2H3/b7-4+;. The van der Waals surface area contributed by atoms with Crippen LogP contribution in [0, 0.1) is 10.8 Å². The molecule has 0 aliphatic carbocycles. The molecule has 0 bridgehead atoms. The van der Waals surface area contributed by atoms with Crippen LogP contribution in [0.1, 0.15) is 71.0 Å². The molecule has 0 amide bonds. The lowest BCUT2D eigenvalue weighted by Crippen LogP contribution is -2.45. The molecular weight excluding hydrogens is 789 g/mol. The fourth-order valence-electron chi connectivity index (χ4n) is 8.86. The third kappa shape index (κ3) is 11.2. The van der Waals surface area contributed by atoms with Crippen molar-refractivity contribution in [2.75, 3.05) is 60.2 Å². The zero-order valence-electron chi connectivity index (χ0n) is 36.7. The summed E-state index contributed by atoms with van der Waals surface area (Å²) >= 11 is 0. The van der Waals surface area contributed by atoms with E-state index in [4.69, 9.17) is 23.4 Å². The molecule has 1 N–H and O–H groups in total. The summed E-state index contributed by atoms with van der Waals surface area (Å²) in [6.07, 6.45) is 11.7. The van der Waals surface area contributed by atoms with E-state index in [0.717, 1.165) is 105 Å². The van der Waals surface area contributed by atoms with Gasteiger partial charge in [0.05, 0.1) is 55.6 Å². The quantitative estimate of drug-likeness (QED) is 0.0932. The van der Waals surface area contributed by atoms with Crippen LogP contribution in [0.3, 0.4) is 0 Å². The Morgan fingerprint density at radius 1 is 0.710 bits per heavy atom. The highest BCUT2D eigenvalue weighted by molar-refractivity contribution is 5.81. The number of esters is 2. The molecule has 2 fully saturated rings. The van der Waals surface area contributed by atoms with Gasteiger partial charge in [0.2, 0.25) is 0 Å². The lowest BCUT2D eigenvalue weighted by molar-refractivity contribution is -0.159. The topological polar surface area (TPSA) is 143 Å². The third-order valence-electron chi connectivity index (χ3n) is 12.5. The van der Waals surface area contributed by atoms with Crippen molar-refractivity contribution in [3.8, 4) is 11.5 Å². The molecule has 0 atom stereocenters. The summed E-state index contributed by atoms with van der Waals surface area (Å²) in [4.78, 5) is 53.1. The smallest absolute Gasteiger partial charge is 0.312 e. The van der Waals surface area contributed by atoms with E-state index in [-0.39, 0.29) is 23.1 Å². The van der Waals surface area contributed by atoms with E-state index in [1.54, 1.807) is 41.7 Å². The van der Waals surface area contributed by atoms with E-state index in [9.17, 15) is 19.2 Å². The first-order chi connectivity index (χ1) is 30.1. The fraction of sp³-hybridized carbons (Fsp3) is 0.469. The van der Waals surface area contributed by atoms with Gasteiger partial charge in [-0.25, -0.2) is 0 Å². The Kier molecular flexibility index (Phi) is 16.2. The van der Waals surface area contributed by atoms with Crippen molar-refractivity contribution in [3.63, 3.8) is 0 Å². The lowest BCUT2D eigenvalue weighted by Gasteiger charge is -2.39. The van der Waals surface area contributed by atoms with Crippen LogP contribution in [0.5, 0.6) is 11.5 Å². The molecular formula is C49H62N4O9. The molecule has 2 aliphatic rings. The number of benzene rings is 2. The highest BCUT2D eigenvalue weighted by atomic mass is 16.5. The van der Waals surface area contributed by atoms with Gasteiger partial charge < -0.3 is 37.8 Å². The van der Waals surface area contributed by atoms with Gasteiger partial charge in [-0.3, -0.25) is 24.1 Å². The summed E-state index contributed by atoms with van der Waals surface area (Å²) in [6.45, 7) is 9.69. The van der Waals surface area contributed by atoms with Gasteiger partial charge in [-0.15, -0.1) is 0 Å². The van der Waals surface area contributed by atoms with Crippen molar-refractivity contribution in [2.45, 2.75) is 78.3 Å².